The summed E-state index contributed by atoms with van der Waals surface area (Å²) < 4.78 is 0. The van der Waals surface area contributed by atoms with E-state index < -0.39 is 23.7 Å². The van der Waals surface area contributed by atoms with Crippen molar-refractivity contribution in [1.29, 1.82) is 21.0 Å². The fraction of sp³-hybridized carbons (Fsp3) is 0.571. The van der Waals surface area contributed by atoms with Gasteiger partial charge in [-0.25, -0.2) is 0 Å². The van der Waals surface area contributed by atoms with Crippen molar-refractivity contribution >= 4 is 11.8 Å². The van der Waals surface area contributed by atoms with Crippen LogP contribution in [0.15, 0.2) is 0 Å². The maximum absolute atomic E-state index is 11.6. The summed E-state index contributed by atoms with van der Waals surface area (Å²) in [6.45, 7) is 0.360. The molecular formula is C14H16N6O2. The molecular weight excluding hydrogens is 284 g/mol. The third kappa shape index (κ3) is 8.15. The number of carbonyl (C=O) groups excluding carboxylic acids is 2. The molecule has 0 aromatic carbocycles. The predicted molar refractivity (Wildman–Crippen MR) is 73.9 cm³/mol. The summed E-state index contributed by atoms with van der Waals surface area (Å²) in [5.74, 6) is -2.69. The van der Waals surface area contributed by atoms with E-state index in [9.17, 15) is 9.59 Å². The van der Waals surface area contributed by atoms with E-state index in [0.29, 0.717) is 0 Å². The van der Waals surface area contributed by atoms with Gasteiger partial charge in [0.25, 0.3) is 0 Å². The molecule has 2 unspecified atom stereocenters. The van der Waals surface area contributed by atoms with Crippen LogP contribution < -0.4 is 10.6 Å². The summed E-state index contributed by atoms with van der Waals surface area (Å²) >= 11 is 0. The Morgan fingerprint density at radius 2 is 1.14 bits per heavy atom. The fourth-order valence-corrected chi connectivity index (χ4v) is 1.62. The Morgan fingerprint density at radius 1 is 0.773 bits per heavy atom. The normalized spacial score (nSPS) is 11.6. The van der Waals surface area contributed by atoms with Crippen molar-refractivity contribution in [2.24, 2.45) is 11.8 Å². The maximum atomic E-state index is 11.6. The molecule has 114 valence electrons. The Labute approximate surface area is 128 Å². The molecule has 0 bridgehead atoms. The molecule has 0 spiro atoms. The summed E-state index contributed by atoms with van der Waals surface area (Å²) in [5, 5.41) is 39.8. The molecule has 0 fully saturated rings. The first-order chi connectivity index (χ1) is 10.6. The minimum Gasteiger partial charge on any atom is -0.355 e. The first-order valence-corrected chi connectivity index (χ1v) is 6.65. The van der Waals surface area contributed by atoms with Gasteiger partial charge in [-0.05, 0) is 0 Å². The second kappa shape index (κ2) is 11.7. The van der Waals surface area contributed by atoms with Crippen LogP contribution in [0.1, 0.15) is 25.7 Å². The summed E-state index contributed by atoms with van der Waals surface area (Å²) in [4.78, 5) is 23.2. The first kappa shape index (κ1) is 18.9. The molecule has 0 radical (unpaired) electrons. The van der Waals surface area contributed by atoms with Crippen molar-refractivity contribution in [1.82, 2.24) is 10.6 Å². The summed E-state index contributed by atoms with van der Waals surface area (Å²) in [6.07, 6.45) is -0.0882. The van der Waals surface area contributed by atoms with Gasteiger partial charge in [0.05, 0.1) is 49.0 Å². The Hall–Kier alpha value is -3.10. The van der Waals surface area contributed by atoms with Crippen LogP contribution >= 0.6 is 0 Å². The molecule has 8 heteroatoms. The smallest absolute Gasteiger partial charge is 0.221 e. The van der Waals surface area contributed by atoms with Crippen LogP contribution in [0.5, 0.6) is 0 Å². The number of nitriles is 4. The second-order valence-electron chi connectivity index (χ2n) is 4.40. The molecule has 0 aromatic rings. The average molecular weight is 300 g/mol. The first-order valence-electron chi connectivity index (χ1n) is 6.65. The van der Waals surface area contributed by atoms with Crippen molar-refractivity contribution in [2.45, 2.75) is 25.7 Å². The Morgan fingerprint density at radius 3 is 1.41 bits per heavy atom. The minimum absolute atomic E-state index is 0.159. The highest BCUT2D eigenvalue weighted by Gasteiger charge is 2.26. The van der Waals surface area contributed by atoms with Crippen molar-refractivity contribution in [3.8, 4) is 24.3 Å². The lowest BCUT2D eigenvalue weighted by Gasteiger charge is -2.14. The lowest BCUT2D eigenvalue weighted by Crippen LogP contribution is -2.31. The third-order valence-electron chi connectivity index (χ3n) is 2.75. The highest BCUT2D eigenvalue weighted by Crippen LogP contribution is 2.18. The molecule has 0 aliphatic carbocycles. The van der Waals surface area contributed by atoms with Gasteiger partial charge in [0.2, 0.25) is 11.8 Å². The van der Waals surface area contributed by atoms with E-state index in [0.717, 1.165) is 0 Å². The summed E-state index contributed by atoms with van der Waals surface area (Å²) in [6, 6.07) is 7.47. The molecule has 0 heterocycles. The zero-order valence-electron chi connectivity index (χ0n) is 12.0. The Kier molecular flexibility index (Phi) is 10.1. The Bertz CT molecular complexity index is 496. The quantitative estimate of drug-likeness (QED) is 0.576. The van der Waals surface area contributed by atoms with Gasteiger partial charge in [-0.1, -0.05) is 0 Å². The highest BCUT2D eigenvalue weighted by atomic mass is 16.2. The van der Waals surface area contributed by atoms with Gasteiger partial charge in [-0.2, -0.15) is 21.0 Å². The van der Waals surface area contributed by atoms with Crippen molar-refractivity contribution in [2.75, 3.05) is 13.1 Å². The number of hydrogen-bond donors (Lipinski definition) is 2. The topological polar surface area (TPSA) is 153 Å². The zero-order chi connectivity index (χ0) is 16.8. The number of carbonyl (C=O) groups is 2. The number of nitrogens with one attached hydrogen (secondary N) is 2. The number of hydrogen-bond acceptors (Lipinski definition) is 6. The highest BCUT2D eigenvalue weighted by molar-refractivity contribution is 5.78. The lowest BCUT2D eigenvalue weighted by molar-refractivity contribution is -0.124. The molecule has 0 aromatic heterocycles. The van der Waals surface area contributed by atoms with Crippen LogP contribution in [0, 0.1) is 57.2 Å². The number of amides is 2. The van der Waals surface area contributed by atoms with Gasteiger partial charge < -0.3 is 10.6 Å². The fourth-order valence-electron chi connectivity index (χ4n) is 1.62. The third-order valence-corrected chi connectivity index (χ3v) is 2.75. The van der Waals surface area contributed by atoms with Gasteiger partial charge in [0.15, 0.2) is 0 Å². The van der Waals surface area contributed by atoms with Gasteiger partial charge in [0.1, 0.15) is 0 Å². The van der Waals surface area contributed by atoms with E-state index >= 15 is 0 Å². The van der Waals surface area contributed by atoms with Gasteiger partial charge in [-0.3, -0.25) is 9.59 Å². The van der Waals surface area contributed by atoms with Crippen LogP contribution in [0.25, 0.3) is 0 Å². The number of nitrogens with zero attached hydrogens (tertiary/aromatic N) is 4. The van der Waals surface area contributed by atoms with Gasteiger partial charge in [-0.15, -0.1) is 0 Å². The second-order valence-corrected chi connectivity index (χ2v) is 4.40. The molecule has 0 aliphatic rings. The zero-order valence-corrected chi connectivity index (χ0v) is 12.0. The van der Waals surface area contributed by atoms with E-state index in [2.05, 4.69) is 10.6 Å². The molecule has 2 N–H and O–H groups in total. The molecule has 0 saturated heterocycles. The summed E-state index contributed by atoms with van der Waals surface area (Å²) in [7, 11) is 0. The molecule has 0 saturated carbocycles. The maximum Gasteiger partial charge on any atom is 0.221 e. The predicted octanol–water partition coefficient (Wildman–Crippen LogP) is 0.106. The molecule has 22 heavy (non-hydrogen) atoms. The largest absolute Gasteiger partial charge is 0.355 e. The Balaban J connectivity index is 4.44. The van der Waals surface area contributed by atoms with E-state index in [1.165, 1.54) is 0 Å². The average Bonchev–Trinajstić information content (AvgIpc) is 2.51. The van der Waals surface area contributed by atoms with Crippen molar-refractivity contribution in [3.05, 3.63) is 0 Å². The van der Waals surface area contributed by atoms with E-state index in [4.69, 9.17) is 21.0 Å². The summed E-state index contributed by atoms with van der Waals surface area (Å²) in [5.41, 5.74) is 0. The van der Waals surface area contributed by atoms with E-state index in [-0.39, 0.29) is 38.8 Å². The molecule has 2 amide bonds. The molecule has 0 rings (SSSR count). The number of rotatable bonds is 9. The van der Waals surface area contributed by atoms with Gasteiger partial charge >= 0.3 is 0 Å². The molecule has 0 aliphatic heterocycles. The minimum atomic E-state index is -0.909. The molecule has 2 atom stereocenters. The lowest BCUT2D eigenvalue weighted by atomic mass is 9.88. The van der Waals surface area contributed by atoms with Crippen LogP contribution in [0.2, 0.25) is 0 Å². The monoisotopic (exact) mass is 300 g/mol. The standard InChI is InChI=1S/C14H16N6O2/c15-3-1-5-19-13(21)7-11(9-17)12(10-18)8-14(22)20-6-2-4-16/h11-12H,1-2,5-8H2,(H,19,21)(H,20,22). The van der Waals surface area contributed by atoms with Crippen LogP contribution in [-0.4, -0.2) is 24.9 Å². The van der Waals surface area contributed by atoms with E-state index in [1.54, 1.807) is 0 Å². The van der Waals surface area contributed by atoms with E-state index in [1.807, 2.05) is 24.3 Å². The van der Waals surface area contributed by atoms with Crippen LogP contribution in [0.4, 0.5) is 0 Å². The van der Waals surface area contributed by atoms with Crippen LogP contribution in [0.3, 0.4) is 0 Å². The van der Waals surface area contributed by atoms with Crippen molar-refractivity contribution in [3.63, 3.8) is 0 Å². The van der Waals surface area contributed by atoms with Gasteiger partial charge in [0, 0.05) is 25.9 Å². The SMILES string of the molecule is N#CCCNC(=O)CC(C#N)C(C#N)CC(=O)NCCC#N. The molecule has 8 nitrogen and oxygen atoms in total. The van der Waals surface area contributed by atoms with Crippen molar-refractivity contribution < 1.29 is 9.59 Å². The van der Waals surface area contributed by atoms with Crippen LogP contribution in [-0.2, 0) is 9.59 Å².